The van der Waals surface area contributed by atoms with Crippen LogP contribution in [0.5, 0.6) is 0 Å². The summed E-state index contributed by atoms with van der Waals surface area (Å²) in [4.78, 5) is 17.2. The van der Waals surface area contributed by atoms with Crippen molar-refractivity contribution in [3.8, 4) is 56.2 Å². The van der Waals surface area contributed by atoms with Crippen molar-refractivity contribution < 1.29 is 0 Å². The maximum Gasteiger partial charge on any atom is 0.161 e. The summed E-state index contributed by atoms with van der Waals surface area (Å²) in [5.74, 6) is 0.652. The van der Waals surface area contributed by atoms with Crippen molar-refractivity contribution in [2.75, 3.05) is 0 Å². The van der Waals surface area contributed by atoms with Gasteiger partial charge in [0.25, 0.3) is 0 Å². The Morgan fingerprint density at radius 1 is 0.400 bits per heavy atom. The molecule has 2 aromatic heterocycles. The van der Waals surface area contributed by atoms with E-state index in [2.05, 4.69) is 151 Å². The average Bonchev–Trinajstić information content (AvgIpc) is 3.30. The van der Waals surface area contributed by atoms with Crippen molar-refractivity contribution in [2.45, 2.75) is 15.2 Å². The Labute approximate surface area is 295 Å². The zero-order chi connectivity index (χ0) is 33.1. The molecule has 10 rings (SSSR count). The van der Waals surface area contributed by atoms with Gasteiger partial charge in [0.1, 0.15) is 0 Å². The number of nitrogens with zero attached hydrogens (tertiary/aromatic N) is 3. The molecule has 1 aliphatic carbocycles. The van der Waals surface area contributed by atoms with E-state index >= 15 is 0 Å². The standard InChI is InChI=1S/C46H29N3S/c1-2-13-30(14-3-1)41-28-42(49-45(48-41)32-15-12-26-47-29-32)31-24-25-36-34-17-5-4-16-33(34)35-18-6-7-19-37(35)46(40(36)27-31)38-20-8-10-22-43(38)50-44-23-11-9-21-39(44)46/h1-29H. The molecule has 8 aromatic rings. The minimum atomic E-state index is -0.582. The van der Waals surface area contributed by atoms with Gasteiger partial charge in [-0.25, -0.2) is 9.97 Å². The number of fused-ring (bicyclic) bond motifs is 11. The number of hydrogen-bond donors (Lipinski definition) is 0. The van der Waals surface area contributed by atoms with Crippen molar-refractivity contribution in [1.82, 2.24) is 15.0 Å². The first kappa shape index (κ1) is 28.9. The van der Waals surface area contributed by atoms with E-state index in [0.29, 0.717) is 5.82 Å². The summed E-state index contributed by atoms with van der Waals surface area (Å²) in [5, 5.41) is 0. The van der Waals surface area contributed by atoms with Crippen LogP contribution in [0.2, 0.25) is 0 Å². The molecule has 0 saturated heterocycles. The summed E-state index contributed by atoms with van der Waals surface area (Å²) >= 11 is 1.86. The van der Waals surface area contributed by atoms with E-state index in [1.165, 1.54) is 54.3 Å². The Kier molecular flexibility index (Phi) is 6.64. The molecule has 0 amide bonds. The second-order valence-electron chi connectivity index (χ2n) is 12.8. The fourth-order valence-corrected chi connectivity index (χ4v) is 9.13. The molecule has 234 valence electrons. The Hall–Kier alpha value is -6.10. The predicted octanol–water partition coefficient (Wildman–Crippen LogP) is 11.4. The summed E-state index contributed by atoms with van der Waals surface area (Å²) in [6, 6.07) is 59.2. The second kappa shape index (κ2) is 11.5. The molecule has 3 heterocycles. The van der Waals surface area contributed by atoms with E-state index in [1.807, 2.05) is 36.2 Å². The Morgan fingerprint density at radius 3 is 1.64 bits per heavy atom. The molecule has 0 N–H and O–H groups in total. The molecule has 0 saturated carbocycles. The highest BCUT2D eigenvalue weighted by Crippen LogP contribution is 2.61. The Balaban J connectivity index is 1.33. The molecule has 0 bridgehead atoms. The molecule has 0 fully saturated rings. The zero-order valence-electron chi connectivity index (χ0n) is 27.0. The minimum Gasteiger partial charge on any atom is -0.264 e. The maximum atomic E-state index is 5.23. The molecule has 0 atom stereocenters. The van der Waals surface area contributed by atoms with Crippen molar-refractivity contribution in [1.29, 1.82) is 0 Å². The van der Waals surface area contributed by atoms with Crippen LogP contribution < -0.4 is 0 Å². The topological polar surface area (TPSA) is 38.7 Å². The normalized spacial score (nSPS) is 13.3. The van der Waals surface area contributed by atoms with Gasteiger partial charge < -0.3 is 0 Å². The largest absolute Gasteiger partial charge is 0.264 e. The number of aromatic nitrogens is 3. The molecule has 1 spiro atoms. The Morgan fingerprint density at radius 2 is 0.960 bits per heavy atom. The lowest BCUT2D eigenvalue weighted by atomic mass is 9.63. The van der Waals surface area contributed by atoms with E-state index < -0.39 is 5.41 Å². The molecule has 4 heteroatoms. The van der Waals surface area contributed by atoms with E-state index in [-0.39, 0.29) is 0 Å². The van der Waals surface area contributed by atoms with E-state index in [9.17, 15) is 0 Å². The van der Waals surface area contributed by atoms with Crippen LogP contribution in [0.4, 0.5) is 0 Å². The highest BCUT2D eigenvalue weighted by molar-refractivity contribution is 7.99. The maximum absolute atomic E-state index is 5.23. The predicted molar refractivity (Wildman–Crippen MR) is 203 cm³/mol. The first-order chi connectivity index (χ1) is 24.8. The molecule has 3 nitrogen and oxygen atoms in total. The monoisotopic (exact) mass is 655 g/mol. The van der Waals surface area contributed by atoms with Crippen LogP contribution in [0.25, 0.3) is 56.2 Å². The molecular weight excluding hydrogens is 627 g/mol. The fourth-order valence-electron chi connectivity index (χ4n) is 7.94. The Bertz CT molecular complexity index is 2480. The van der Waals surface area contributed by atoms with Crippen LogP contribution in [0.1, 0.15) is 22.3 Å². The highest BCUT2D eigenvalue weighted by atomic mass is 32.2. The van der Waals surface area contributed by atoms with Gasteiger partial charge in [0.05, 0.1) is 16.8 Å². The third kappa shape index (κ3) is 4.35. The lowest BCUT2D eigenvalue weighted by molar-refractivity contribution is 0.708. The van der Waals surface area contributed by atoms with Crippen LogP contribution in [0.3, 0.4) is 0 Å². The minimum absolute atomic E-state index is 0.582. The van der Waals surface area contributed by atoms with Gasteiger partial charge in [0.2, 0.25) is 0 Å². The summed E-state index contributed by atoms with van der Waals surface area (Å²) in [5.41, 5.74) is 14.2. The van der Waals surface area contributed by atoms with Crippen LogP contribution >= 0.6 is 11.8 Å². The van der Waals surface area contributed by atoms with E-state index in [4.69, 9.17) is 9.97 Å². The van der Waals surface area contributed by atoms with Crippen molar-refractivity contribution in [3.05, 3.63) is 198 Å². The van der Waals surface area contributed by atoms with E-state index in [1.54, 1.807) is 6.20 Å². The lowest BCUT2D eigenvalue weighted by Crippen LogP contribution is -2.34. The van der Waals surface area contributed by atoms with Crippen LogP contribution in [0.15, 0.2) is 186 Å². The third-order valence-electron chi connectivity index (χ3n) is 10.1. The van der Waals surface area contributed by atoms with E-state index in [0.717, 1.165) is 28.1 Å². The number of rotatable bonds is 3. The highest BCUT2D eigenvalue weighted by Gasteiger charge is 2.48. The SMILES string of the molecule is c1ccc(-c2cc(-c3ccc4c(c3)C3(c5ccccc5Sc5ccccc53)c3ccccc3-c3ccccc3-4)nc(-c3cccnc3)n2)cc1. The fraction of sp³-hybridized carbons (Fsp3) is 0.0217. The van der Waals surface area contributed by atoms with Crippen molar-refractivity contribution >= 4 is 11.8 Å². The van der Waals surface area contributed by atoms with Crippen molar-refractivity contribution in [2.24, 2.45) is 0 Å². The number of pyridine rings is 1. The van der Waals surface area contributed by atoms with Crippen molar-refractivity contribution in [3.63, 3.8) is 0 Å². The smallest absolute Gasteiger partial charge is 0.161 e. The zero-order valence-corrected chi connectivity index (χ0v) is 27.8. The summed E-state index contributed by atoms with van der Waals surface area (Å²) in [6.07, 6.45) is 3.62. The van der Waals surface area contributed by atoms with Gasteiger partial charge in [-0.05, 0) is 80.9 Å². The summed E-state index contributed by atoms with van der Waals surface area (Å²) in [6.45, 7) is 0. The van der Waals surface area contributed by atoms with Gasteiger partial charge in [-0.3, -0.25) is 4.98 Å². The third-order valence-corrected chi connectivity index (χ3v) is 11.2. The van der Waals surface area contributed by atoms with Crippen LogP contribution in [-0.2, 0) is 5.41 Å². The lowest BCUT2D eigenvalue weighted by Gasteiger charge is -2.42. The van der Waals surface area contributed by atoms with Gasteiger partial charge in [-0.1, -0.05) is 139 Å². The van der Waals surface area contributed by atoms with Gasteiger partial charge in [-0.15, -0.1) is 0 Å². The molecular formula is C46H29N3S. The summed E-state index contributed by atoms with van der Waals surface area (Å²) < 4.78 is 0. The average molecular weight is 656 g/mol. The van der Waals surface area contributed by atoms with Gasteiger partial charge >= 0.3 is 0 Å². The van der Waals surface area contributed by atoms with Gasteiger partial charge in [-0.2, -0.15) is 0 Å². The van der Waals surface area contributed by atoms with Gasteiger partial charge in [0, 0.05) is 38.9 Å². The molecule has 50 heavy (non-hydrogen) atoms. The van der Waals surface area contributed by atoms with Crippen LogP contribution in [-0.4, -0.2) is 15.0 Å². The number of benzene rings is 6. The summed E-state index contributed by atoms with van der Waals surface area (Å²) in [7, 11) is 0. The molecule has 2 aliphatic rings. The molecule has 1 aliphatic heterocycles. The second-order valence-corrected chi connectivity index (χ2v) is 13.8. The first-order valence-electron chi connectivity index (χ1n) is 16.8. The quantitative estimate of drug-likeness (QED) is 0.190. The molecule has 6 aromatic carbocycles. The molecule has 0 radical (unpaired) electrons. The van der Waals surface area contributed by atoms with Crippen LogP contribution in [0, 0.1) is 0 Å². The molecule has 0 unspecified atom stereocenters. The number of hydrogen-bond acceptors (Lipinski definition) is 4. The van der Waals surface area contributed by atoms with Gasteiger partial charge in [0.15, 0.2) is 5.82 Å². The first-order valence-corrected chi connectivity index (χ1v) is 17.7.